The third-order valence-electron chi connectivity index (χ3n) is 1.40. The van der Waals surface area contributed by atoms with Crippen LogP contribution < -0.4 is 10.2 Å². The molecule has 0 fully saturated rings. The molecule has 1 aromatic rings. The summed E-state index contributed by atoms with van der Waals surface area (Å²) in [5.41, 5.74) is 0.463. The van der Waals surface area contributed by atoms with Crippen molar-refractivity contribution in [2.24, 2.45) is 0 Å². The van der Waals surface area contributed by atoms with Crippen LogP contribution in [-0.4, -0.2) is 15.0 Å². The van der Waals surface area contributed by atoms with E-state index in [9.17, 15) is 8.78 Å². The molecule has 0 aliphatic rings. The molecule has 0 saturated carbocycles. The van der Waals surface area contributed by atoms with Crippen molar-refractivity contribution in [1.82, 2.24) is 0 Å². The quantitative estimate of drug-likeness (QED) is 0.529. The summed E-state index contributed by atoms with van der Waals surface area (Å²) in [5.74, 6) is -1.14. The number of methoxy groups -OCH3 is 1. The molecule has 4 heteroatoms. The van der Waals surface area contributed by atoms with Crippen molar-refractivity contribution in [1.29, 1.82) is 0 Å². The number of hydrogen-bond donors (Lipinski definition) is 0. The third-order valence-corrected chi connectivity index (χ3v) is 1.40. The van der Waals surface area contributed by atoms with E-state index in [0.29, 0.717) is 5.46 Å². The van der Waals surface area contributed by atoms with E-state index in [0.717, 1.165) is 6.07 Å². The molecule has 0 aliphatic heterocycles. The van der Waals surface area contributed by atoms with Crippen LogP contribution in [0, 0.1) is 11.6 Å². The van der Waals surface area contributed by atoms with Crippen LogP contribution >= 0.6 is 0 Å². The van der Waals surface area contributed by atoms with Crippen LogP contribution in [0.3, 0.4) is 0 Å². The van der Waals surface area contributed by atoms with Gasteiger partial charge in [0.2, 0.25) is 0 Å². The average molecular weight is 156 g/mol. The Balaban J connectivity index is 3.25. The largest absolute Gasteiger partial charge is 0.494 e. The van der Waals surface area contributed by atoms with E-state index < -0.39 is 11.6 Å². The van der Waals surface area contributed by atoms with E-state index in [1.54, 1.807) is 7.85 Å². The van der Waals surface area contributed by atoms with Crippen LogP contribution in [0.2, 0.25) is 0 Å². The first-order chi connectivity index (χ1) is 5.15. The summed E-state index contributed by atoms with van der Waals surface area (Å²) < 4.78 is 29.9. The molecule has 1 aromatic carbocycles. The van der Waals surface area contributed by atoms with Gasteiger partial charge in [-0.05, 0) is 11.5 Å². The summed E-state index contributed by atoms with van der Waals surface area (Å²) in [6, 6.07) is 2.02. The SMILES string of the molecule is Bc1cc(F)cc(F)c1OC. The Morgan fingerprint density at radius 1 is 1.36 bits per heavy atom. The Morgan fingerprint density at radius 3 is 2.45 bits per heavy atom. The summed E-state index contributed by atoms with van der Waals surface area (Å²) in [6.07, 6.45) is 0. The molecule has 0 heterocycles. The Hall–Kier alpha value is -1.06. The van der Waals surface area contributed by atoms with Crippen LogP contribution in [0.4, 0.5) is 8.78 Å². The lowest BCUT2D eigenvalue weighted by Crippen LogP contribution is -2.10. The van der Waals surface area contributed by atoms with E-state index in [-0.39, 0.29) is 5.75 Å². The molecule has 11 heavy (non-hydrogen) atoms. The predicted molar refractivity (Wildman–Crippen MR) is 41.1 cm³/mol. The van der Waals surface area contributed by atoms with Gasteiger partial charge in [0.25, 0.3) is 0 Å². The maximum absolute atomic E-state index is 12.7. The second kappa shape index (κ2) is 2.90. The molecule has 0 aliphatic carbocycles. The molecule has 0 atom stereocenters. The molecule has 0 unspecified atom stereocenters. The highest BCUT2D eigenvalue weighted by atomic mass is 19.1. The highest BCUT2D eigenvalue weighted by Gasteiger charge is 2.06. The Bertz CT molecular complexity index is 252. The maximum atomic E-state index is 12.7. The van der Waals surface area contributed by atoms with Crippen LogP contribution in [0.5, 0.6) is 5.75 Å². The van der Waals surface area contributed by atoms with Crippen molar-refractivity contribution in [3.8, 4) is 5.75 Å². The number of benzene rings is 1. The number of hydrogen-bond acceptors (Lipinski definition) is 1. The van der Waals surface area contributed by atoms with Crippen LogP contribution in [0.25, 0.3) is 0 Å². The monoisotopic (exact) mass is 156 g/mol. The summed E-state index contributed by atoms with van der Waals surface area (Å²) >= 11 is 0. The summed E-state index contributed by atoms with van der Waals surface area (Å²) in [7, 11) is 2.94. The average Bonchev–Trinajstić information content (AvgIpc) is 1.85. The molecule has 0 bridgehead atoms. The van der Waals surface area contributed by atoms with Gasteiger partial charge in [0.1, 0.15) is 19.4 Å². The fraction of sp³-hybridized carbons (Fsp3) is 0.143. The molecule has 0 aromatic heterocycles. The van der Waals surface area contributed by atoms with Gasteiger partial charge in [0.15, 0.2) is 5.82 Å². The van der Waals surface area contributed by atoms with Crippen LogP contribution in [0.1, 0.15) is 0 Å². The second-order valence-corrected chi connectivity index (χ2v) is 2.24. The Kier molecular flexibility index (Phi) is 2.12. The number of rotatable bonds is 1. The van der Waals surface area contributed by atoms with E-state index in [4.69, 9.17) is 0 Å². The molecule has 0 radical (unpaired) electrons. The van der Waals surface area contributed by atoms with Crippen molar-refractivity contribution in [2.45, 2.75) is 0 Å². The first-order valence-electron chi connectivity index (χ1n) is 3.15. The van der Waals surface area contributed by atoms with Crippen molar-refractivity contribution in [2.75, 3.05) is 7.11 Å². The first kappa shape index (κ1) is 8.05. The van der Waals surface area contributed by atoms with E-state index in [1.807, 2.05) is 0 Å². The predicted octanol–water partition coefficient (Wildman–Crippen LogP) is 0.232. The lowest BCUT2D eigenvalue weighted by atomic mass is 9.95. The normalized spacial score (nSPS) is 9.73. The number of ether oxygens (including phenoxy) is 1. The summed E-state index contributed by atoms with van der Waals surface area (Å²) in [5, 5.41) is 0. The van der Waals surface area contributed by atoms with Gasteiger partial charge in [-0.3, -0.25) is 0 Å². The molecule has 1 rings (SSSR count). The molecule has 0 N–H and O–H groups in total. The summed E-state index contributed by atoms with van der Waals surface area (Å²) in [4.78, 5) is 0. The minimum Gasteiger partial charge on any atom is -0.494 e. The van der Waals surface area contributed by atoms with Crippen molar-refractivity contribution < 1.29 is 13.5 Å². The first-order valence-corrected chi connectivity index (χ1v) is 3.15. The Labute approximate surface area is 64.4 Å². The van der Waals surface area contributed by atoms with Gasteiger partial charge in [-0.2, -0.15) is 0 Å². The van der Waals surface area contributed by atoms with E-state index >= 15 is 0 Å². The van der Waals surface area contributed by atoms with Gasteiger partial charge in [0.05, 0.1) is 7.11 Å². The summed E-state index contributed by atoms with van der Waals surface area (Å²) in [6.45, 7) is 0. The minimum atomic E-state index is -0.662. The van der Waals surface area contributed by atoms with Crippen LogP contribution in [0.15, 0.2) is 12.1 Å². The molecule has 0 amide bonds. The smallest absolute Gasteiger partial charge is 0.167 e. The Morgan fingerprint density at radius 2 is 2.00 bits per heavy atom. The molecular weight excluding hydrogens is 149 g/mol. The van der Waals surface area contributed by atoms with Crippen LogP contribution in [-0.2, 0) is 0 Å². The second-order valence-electron chi connectivity index (χ2n) is 2.24. The zero-order valence-electron chi connectivity index (χ0n) is 6.32. The zero-order valence-corrected chi connectivity index (χ0v) is 6.32. The highest BCUT2D eigenvalue weighted by molar-refractivity contribution is 6.34. The minimum absolute atomic E-state index is 0.103. The van der Waals surface area contributed by atoms with E-state index in [2.05, 4.69) is 4.74 Å². The van der Waals surface area contributed by atoms with Gasteiger partial charge in [-0.25, -0.2) is 8.78 Å². The molecular formula is C7H7BF2O. The standard InChI is InChI=1S/C7H7BF2O/c1-11-7-5(8)2-4(9)3-6(7)10/h2-3H,8H2,1H3. The highest BCUT2D eigenvalue weighted by Crippen LogP contribution is 2.13. The lowest BCUT2D eigenvalue weighted by Gasteiger charge is -2.04. The maximum Gasteiger partial charge on any atom is 0.167 e. The van der Waals surface area contributed by atoms with Gasteiger partial charge < -0.3 is 4.74 Å². The lowest BCUT2D eigenvalue weighted by molar-refractivity contribution is 0.388. The van der Waals surface area contributed by atoms with E-state index in [1.165, 1.54) is 13.2 Å². The fourth-order valence-electron chi connectivity index (χ4n) is 0.948. The third kappa shape index (κ3) is 1.50. The molecule has 58 valence electrons. The topological polar surface area (TPSA) is 9.23 Å². The molecule has 0 spiro atoms. The zero-order chi connectivity index (χ0) is 8.43. The van der Waals surface area contributed by atoms with Crippen molar-refractivity contribution in [3.63, 3.8) is 0 Å². The van der Waals surface area contributed by atoms with Gasteiger partial charge in [-0.1, -0.05) is 0 Å². The number of halogens is 2. The molecule has 1 nitrogen and oxygen atoms in total. The van der Waals surface area contributed by atoms with Gasteiger partial charge in [0, 0.05) is 6.07 Å². The van der Waals surface area contributed by atoms with Crippen molar-refractivity contribution in [3.05, 3.63) is 23.8 Å². The van der Waals surface area contributed by atoms with Gasteiger partial charge in [-0.15, -0.1) is 0 Å². The van der Waals surface area contributed by atoms with Gasteiger partial charge >= 0.3 is 0 Å². The van der Waals surface area contributed by atoms with Crippen molar-refractivity contribution >= 4 is 13.3 Å². The fourth-order valence-corrected chi connectivity index (χ4v) is 0.948. The molecule has 0 saturated heterocycles.